The molecule has 0 bridgehead atoms. The van der Waals surface area contributed by atoms with Crippen molar-refractivity contribution in [2.24, 2.45) is 0 Å². The number of aromatic nitrogens is 4. The first-order chi connectivity index (χ1) is 11.6. The van der Waals surface area contributed by atoms with Crippen LogP contribution in [-0.4, -0.2) is 25.8 Å². The number of carbonyl (C=O) groups excluding carboxylic acids is 1. The molecule has 24 heavy (non-hydrogen) atoms. The number of nitrogens with zero attached hydrogens (tertiary/aromatic N) is 4. The molecule has 0 saturated carbocycles. The number of amides is 1. The second kappa shape index (κ2) is 6.69. The summed E-state index contributed by atoms with van der Waals surface area (Å²) >= 11 is 0. The first kappa shape index (κ1) is 15.3. The van der Waals surface area contributed by atoms with Gasteiger partial charge in [0.2, 0.25) is 11.9 Å². The van der Waals surface area contributed by atoms with E-state index < -0.39 is 0 Å². The van der Waals surface area contributed by atoms with Gasteiger partial charge in [0.15, 0.2) is 5.65 Å². The van der Waals surface area contributed by atoms with Crippen LogP contribution in [0.25, 0.3) is 17.1 Å². The number of nitrogens with two attached hydrogens (primary N) is 2. The van der Waals surface area contributed by atoms with E-state index in [4.69, 9.17) is 11.5 Å². The summed E-state index contributed by atoms with van der Waals surface area (Å²) in [6.45, 7) is 0.164. The lowest BCUT2D eigenvalue weighted by atomic mass is 10.2. The molecule has 0 fully saturated rings. The Bertz CT molecular complexity index is 909. The minimum Gasteiger partial charge on any atom is -0.383 e. The Morgan fingerprint density at radius 1 is 1.12 bits per heavy atom. The van der Waals surface area contributed by atoms with Crippen LogP contribution in [0.15, 0.2) is 42.6 Å². The van der Waals surface area contributed by atoms with E-state index in [1.807, 2.05) is 30.3 Å². The van der Waals surface area contributed by atoms with Gasteiger partial charge in [0, 0.05) is 12.3 Å². The summed E-state index contributed by atoms with van der Waals surface area (Å²) in [5.74, 6) is 0.420. The van der Waals surface area contributed by atoms with E-state index in [1.54, 1.807) is 6.08 Å². The van der Waals surface area contributed by atoms with Crippen molar-refractivity contribution < 1.29 is 4.79 Å². The Morgan fingerprint density at radius 3 is 2.71 bits per heavy atom. The van der Waals surface area contributed by atoms with Crippen molar-refractivity contribution in [2.75, 3.05) is 11.5 Å². The molecule has 0 atom stereocenters. The summed E-state index contributed by atoms with van der Waals surface area (Å²) in [5.41, 5.74) is 12.6. The normalized spacial score (nSPS) is 11.0. The molecular formula is C16H15N7O. The number of benzene rings is 1. The molecule has 2 heterocycles. The molecule has 0 spiro atoms. The molecule has 0 aliphatic carbocycles. The number of hydrogen-bond acceptors (Lipinski definition) is 7. The average molecular weight is 321 g/mol. The Balaban J connectivity index is 1.67. The number of nitrogens with one attached hydrogen (secondary N) is 1. The third-order valence-corrected chi connectivity index (χ3v) is 3.20. The lowest BCUT2D eigenvalue weighted by molar-refractivity contribution is -0.116. The molecule has 0 aliphatic rings. The summed E-state index contributed by atoms with van der Waals surface area (Å²) in [6, 6.07) is 9.53. The quantitative estimate of drug-likeness (QED) is 0.608. The van der Waals surface area contributed by atoms with Crippen LogP contribution in [0.5, 0.6) is 0 Å². The van der Waals surface area contributed by atoms with Gasteiger partial charge in [0.1, 0.15) is 11.6 Å². The lowest BCUT2D eigenvalue weighted by Crippen LogP contribution is -2.21. The monoisotopic (exact) mass is 321 g/mol. The minimum absolute atomic E-state index is 0.0412. The number of hydrogen-bond donors (Lipinski definition) is 3. The van der Waals surface area contributed by atoms with Crippen molar-refractivity contribution in [2.45, 2.75) is 6.54 Å². The van der Waals surface area contributed by atoms with Crippen molar-refractivity contribution in [1.82, 2.24) is 25.3 Å². The Labute approximate surface area is 137 Å². The summed E-state index contributed by atoms with van der Waals surface area (Å²) in [7, 11) is 0. The highest BCUT2D eigenvalue weighted by molar-refractivity contribution is 5.91. The van der Waals surface area contributed by atoms with Crippen LogP contribution in [0.3, 0.4) is 0 Å². The number of fused-ring (bicyclic) bond motifs is 1. The van der Waals surface area contributed by atoms with E-state index in [1.165, 1.54) is 12.3 Å². The number of rotatable bonds is 4. The van der Waals surface area contributed by atoms with E-state index >= 15 is 0 Å². The van der Waals surface area contributed by atoms with Crippen LogP contribution in [0, 0.1) is 0 Å². The molecule has 2 aromatic heterocycles. The maximum absolute atomic E-state index is 11.8. The molecular weight excluding hydrogens is 306 g/mol. The van der Waals surface area contributed by atoms with Gasteiger partial charge in [0.25, 0.3) is 0 Å². The smallest absolute Gasteiger partial charge is 0.244 e. The standard InChI is InChI=1S/C16H15N7O/c17-14-11-8-19-12(21-15(11)23-16(18)22-14)9-20-13(24)7-6-10-4-2-1-3-5-10/h1-8H,9H2,(H,20,24)(H4,17,18,19,21,22,23)/b7-6+. The molecule has 0 radical (unpaired) electrons. The van der Waals surface area contributed by atoms with Crippen LogP contribution in [0.1, 0.15) is 11.4 Å². The molecule has 3 rings (SSSR count). The van der Waals surface area contributed by atoms with Gasteiger partial charge in [-0.3, -0.25) is 4.79 Å². The second-order valence-electron chi connectivity index (χ2n) is 4.95. The van der Waals surface area contributed by atoms with E-state index in [9.17, 15) is 4.79 Å². The van der Waals surface area contributed by atoms with Gasteiger partial charge in [-0.1, -0.05) is 30.3 Å². The Kier molecular flexibility index (Phi) is 4.28. The fourth-order valence-electron chi connectivity index (χ4n) is 2.04. The van der Waals surface area contributed by atoms with Crippen LogP contribution < -0.4 is 16.8 Å². The first-order valence-electron chi connectivity index (χ1n) is 7.17. The van der Waals surface area contributed by atoms with Gasteiger partial charge in [-0.05, 0) is 11.6 Å². The zero-order chi connectivity index (χ0) is 16.9. The molecule has 0 aliphatic heterocycles. The van der Waals surface area contributed by atoms with Crippen LogP contribution in [0.4, 0.5) is 11.8 Å². The van der Waals surface area contributed by atoms with Gasteiger partial charge < -0.3 is 16.8 Å². The molecule has 1 aromatic carbocycles. The fourth-order valence-corrected chi connectivity index (χ4v) is 2.04. The molecule has 1 amide bonds. The Morgan fingerprint density at radius 2 is 1.92 bits per heavy atom. The predicted octanol–water partition coefficient (Wildman–Crippen LogP) is 0.914. The molecule has 3 aromatic rings. The van der Waals surface area contributed by atoms with E-state index in [2.05, 4.69) is 25.3 Å². The summed E-state index contributed by atoms with van der Waals surface area (Å²) in [5, 5.41) is 3.22. The van der Waals surface area contributed by atoms with Gasteiger partial charge in [-0.25, -0.2) is 9.97 Å². The third kappa shape index (κ3) is 3.61. The molecule has 120 valence electrons. The third-order valence-electron chi connectivity index (χ3n) is 3.20. The summed E-state index contributed by atoms with van der Waals surface area (Å²) in [6.07, 6.45) is 4.69. The SMILES string of the molecule is Nc1nc(N)c2cnc(CNC(=O)/C=C/c3ccccc3)nc2n1. The van der Waals surface area contributed by atoms with E-state index in [0.717, 1.165) is 5.56 Å². The van der Waals surface area contributed by atoms with Crippen molar-refractivity contribution in [1.29, 1.82) is 0 Å². The van der Waals surface area contributed by atoms with E-state index in [0.29, 0.717) is 16.9 Å². The molecule has 8 nitrogen and oxygen atoms in total. The zero-order valence-electron chi connectivity index (χ0n) is 12.7. The van der Waals surface area contributed by atoms with Crippen molar-refractivity contribution in [3.63, 3.8) is 0 Å². The highest BCUT2D eigenvalue weighted by atomic mass is 16.1. The van der Waals surface area contributed by atoms with E-state index in [-0.39, 0.29) is 24.2 Å². The molecule has 8 heteroatoms. The number of nitrogen functional groups attached to an aromatic ring is 2. The molecule has 5 N–H and O–H groups in total. The van der Waals surface area contributed by atoms with Crippen LogP contribution in [-0.2, 0) is 11.3 Å². The average Bonchev–Trinajstić information content (AvgIpc) is 2.58. The van der Waals surface area contributed by atoms with Crippen molar-refractivity contribution >= 4 is 34.8 Å². The lowest BCUT2D eigenvalue weighted by Gasteiger charge is -2.04. The maximum atomic E-state index is 11.8. The summed E-state index contributed by atoms with van der Waals surface area (Å²) in [4.78, 5) is 28.1. The maximum Gasteiger partial charge on any atom is 0.244 e. The molecule has 0 saturated heterocycles. The second-order valence-corrected chi connectivity index (χ2v) is 4.95. The van der Waals surface area contributed by atoms with Crippen LogP contribution in [0.2, 0.25) is 0 Å². The van der Waals surface area contributed by atoms with Gasteiger partial charge in [-0.2, -0.15) is 9.97 Å². The number of carbonyl (C=O) groups is 1. The summed E-state index contributed by atoms with van der Waals surface area (Å²) < 4.78 is 0. The van der Waals surface area contributed by atoms with Crippen molar-refractivity contribution in [3.8, 4) is 0 Å². The minimum atomic E-state index is -0.246. The van der Waals surface area contributed by atoms with Gasteiger partial charge >= 0.3 is 0 Å². The molecule has 0 unspecified atom stereocenters. The van der Waals surface area contributed by atoms with Crippen molar-refractivity contribution in [3.05, 3.63) is 54.0 Å². The largest absolute Gasteiger partial charge is 0.383 e. The number of anilines is 2. The highest BCUT2D eigenvalue weighted by Gasteiger charge is 2.07. The van der Waals surface area contributed by atoms with Gasteiger partial charge in [0.05, 0.1) is 11.9 Å². The topological polar surface area (TPSA) is 133 Å². The zero-order valence-corrected chi connectivity index (χ0v) is 12.7. The van der Waals surface area contributed by atoms with Crippen LogP contribution >= 0.6 is 0 Å². The van der Waals surface area contributed by atoms with Gasteiger partial charge in [-0.15, -0.1) is 0 Å². The Hall–Kier alpha value is -3.55. The predicted molar refractivity (Wildman–Crippen MR) is 91.3 cm³/mol. The highest BCUT2D eigenvalue weighted by Crippen LogP contribution is 2.15. The first-order valence-corrected chi connectivity index (χ1v) is 7.17. The fraction of sp³-hybridized carbons (Fsp3) is 0.0625.